The molecule has 4 heteroatoms. The third-order valence-corrected chi connectivity index (χ3v) is 4.58. The van der Waals surface area contributed by atoms with E-state index < -0.39 is 5.97 Å². The van der Waals surface area contributed by atoms with Gasteiger partial charge in [-0.25, -0.2) is 0 Å². The molecule has 24 heavy (non-hydrogen) atoms. The molecule has 0 spiro atoms. The topological polar surface area (TPSA) is 43.8 Å². The van der Waals surface area contributed by atoms with Crippen LogP contribution in [0.5, 0.6) is 0 Å². The summed E-state index contributed by atoms with van der Waals surface area (Å²) < 4.78 is 0. The molecule has 1 atom stereocenters. The van der Waals surface area contributed by atoms with Gasteiger partial charge in [-0.15, -0.1) is 0 Å². The van der Waals surface area contributed by atoms with Gasteiger partial charge in [0.1, 0.15) is 0 Å². The standard InChI is InChI=1S/C20H24N2O2/c23-20(24)13-19-16-21(14-17-7-3-1-4-8-17)11-12-22(19)15-18-9-5-2-6-10-18/h1-10,19H,11-16H2,(H,23,24)/t19-/m1/s1. The number of hydrogen-bond acceptors (Lipinski definition) is 3. The van der Waals surface area contributed by atoms with Crippen LogP contribution in [0.1, 0.15) is 17.5 Å². The molecule has 0 aromatic heterocycles. The van der Waals surface area contributed by atoms with Gasteiger partial charge in [-0.1, -0.05) is 60.7 Å². The van der Waals surface area contributed by atoms with Gasteiger partial charge in [0.05, 0.1) is 6.42 Å². The fourth-order valence-electron chi connectivity index (χ4n) is 3.36. The summed E-state index contributed by atoms with van der Waals surface area (Å²) in [6.07, 6.45) is 0.193. The molecule has 1 aliphatic rings. The SMILES string of the molecule is O=C(O)C[C@@H]1CN(Cc2ccccc2)CCN1Cc1ccccc1. The molecule has 0 aliphatic carbocycles. The van der Waals surface area contributed by atoms with Gasteiger partial charge in [0, 0.05) is 38.8 Å². The van der Waals surface area contributed by atoms with Gasteiger partial charge in [-0.2, -0.15) is 0 Å². The van der Waals surface area contributed by atoms with E-state index in [0.29, 0.717) is 0 Å². The normalized spacial score (nSPS) is 19.2. The second-order valence-corrected chi connectivity index (χ2v) is 6.43. The molecule has 0 bridgehead atoms. The second-order valence-electron chi connectivity index (χ2n) is 6.43. The van der Waals surface area contributed by atoms with Crippen molar-refractivity contribution in [3.05, 3.63) is 71.8 Å². The first-order valence-corrected chi connectivity index (χ1v) is 8.47. The summed E-state index contributed by atoms with van der Waals surface area (Å²) in [6.45, 7) is 4.37. The van der Waals surface area contributed by atoms with E-state index in [4.69, 9.17) is 0 Å². The van der Waals surface area contributed by atoms with Gasteiger partial charge in [0.2, 0.25) is 0 Å². The number of carbonyl (C=O) groups is 1. The van der Waals surface area contributed by atoms with Gasteiger partial charge < -0.3 is 5.11 Å². The van der Waals surface area contributed by atoms with Crippen LogP contribution in [0.3, 0.4) is 0 Å². The lowest BCUT2D eigenvalue weighted by molar-refractivity contribution is -0.139. The lowest BCUT2D eigenvalue weighted by Gasteiger charge is -2.41. The van der Waals surface area contributed by atoms with E-state index in [0.717, 1.165) is 32.7 Å². The van der Waals surface area contributed by atoms with Crippen molar-refractivity contribution in [1.29, 1.82) is 0 Å². The van der Waals surface area contributed by atoms with Crippen LogP contribution >= 0.6 is 0 Å². The van der Waals surface area contributed by atoms with Crippen molar-refractivity contribution in [2.45, 2.75) is 25.6 Å². The number of piperazine rings is 1. The Bertz CT molecular complexity index is 645. The second kappa shape index (κ2) is 8.08. The highest BCUT2D eigenvalue weighted by Crippen LogP contribution is 2.18. The quantitative estimate of drug-likeness (QED) is 0.887. The Hall–Kier alpha value is -2.17. The molecule has 2 aromatic carbocycles. The average molecular weight is 324 g/mol. The molecule has 1 saturated heterocycles. The maximum atomic E-state index is 11.3. The van der Waals surface area contributed by atoms with Crippen molar-refractivity contribution in [1.82, 2.24) is 9.80 Å². The third-order valence-electron chi connectivity index (χ3n) is 4.58. The lowest BCUT2D eigenvalue weighted by Crippen LogP contribution is -2.52. The maximum absolute atomic E-state index is 11.3. The summed E-state index contributed by atoms with van der Waals surface area (Å²) in [4.78, 5) is 16.0. The Labute approximate surface area is 143 Å². The van der Waals surface area contributed by atoms with Gasteiger partial charge in [-0.05, 0) is 11.1 Å². The smallest absolute Gasteiger partial charge is 0.304 e. The predicted octanol–water partition coefficient (Wildman–Crippen LogP) is 2.85. The zero-order valence-electron chi connectivity index (χ0n) is 13.8. The Morgan fingerprint density at radius 2 is 1.50 bits per heavy atom. The van der Waals surface area contributed by atoms with E-state index in [1.807, 2.05) is 24.3 Å². The number of carboxylic acids is 1. The fourth-order valence-corrected chi connectivity index (χ4v) is 3.36. The van der Waals surface area contributed by atoms with Gasteiger partial charge >= 0.3 is 5.97 Å². The van der Waals surface area contributed by atoms with Crippen molar-refractivity contribution in [2.75, 3.05) is 19.6 Å². The highest BCUT2D eigenvalue weighted by Gasteiger charge is 2.28. The molecule has 0 radical (unpaired) electrons. The van der Waals surface area contributed by atoms with Crippen molar-refractivity contribution in [2.24, 2.45) is 0 Å². The van der Waals surface area contributed by atoms with E-state index in [2.05, 4.69) is 46.2 Å². The molecule has 126 valence electrons. The number of benzene rings is 2. The highest BCUT2D eigenvalue weighted by molar-refractivity contribution is 5.67. The van der Waals surface area contributed by atoms with Crippen LogP contribution in [0.15, 0.2) is 60.7 Å². The van der Waals surface area contributed by atoms with E-state index in [-0.39, 0.29) is 12.5 Å². The fraction of sp³-hybridized carbons (Fsp3) is 0.350. The first kappa shape index (κ1) is 16.7. The van der Waals surface area contributed by atoms with Crippen molar-refractivity contribution in [3.63, 3.8) is 0 Å². The predicted molar refractivity (Wildman–Crippen MR) is 94.6 cm³/mol. The van der Waals surface area contributed by atoms with Crippen LogP contribution in [0, 0.1) is 0 Å². The molecular weight excluding hydrogens is 300 g/mol. The molecular formula is C20H24N2O2. The molecule has 4 nitrogen and oxygen atoms in total. The molecule has 1 heterocycles. The van der Waals surface area contributed by atoms with Gasteiger partial charge in [0.25, 0.3) is 0 Å². The highest BCUT2D eigenvalue weighted by atomic mass is 16.4. The molecule has 0 saturated carbocycles. The molecule has 2 aromatic rings. The van der Waals surface area contributed by atoms with Gasteiger partial charge in [0.15, 0.2) is 0 Å². The van der Waals surface area contributed by atoms with Crippen molar-refractivity contribution < 1.29 is 9.90 Å². The Kier molecular flexibility index (Phi) is 5.62. The summed E-state index contributed by atoms with van der Waals surface area (Å²) in [5.74, 6) is -0.723. The van der Waals surface area contributed by atoms with E-state index >= 15 is 0 Å². The summed E-state index contributed by atoms with van der Waals surface area (Å²) in [5, 5.41) is 9.28. The van der Waals surface area contributed by atoms with Crippen LogP contribution in [-0.2, 0) is 17.9 Å². The summed E-state index contributed by atoms with van der Waals surface area (Å²) in [6, 6.07) is 20.7. The number of carboxylic acid groups (broad SMARTS) is 1. The molecule has 1 aliphatic heterocycles. The Morgan fingerprint density at radius 3 is 2.08 bits per heavy atom. The number of rotatable bonds is 6. The largest absolute Gasteiger partial charge is 0.481 e. The first-order chi connectivity index (χ1) is 11.7. The Balaban J connectivity index is 1.65. The van der Waals surface area contributed by atoms with Crippen LogP contribution < -0.4 is 0 Å². The molecule has 0 unspecified atom stereocenters. The number of hydrogen-bond donors (Lipinski definition) is 1. The van der Waals surface area contributed by atoms with Crippen LogP contribution in [0.4, 0.5) is 0 Å². The zero-order chi connectivity index (χ0) is 16.8. The molecule has 3 rings (SSSR count). The first-order valence-electron chi connectivity index (χ1n) is 8.47. The van der Waals surface area contributed by atoms with Crippen LogP contribution in [0.2, 0.25) is 0 Å². The zero-order valence-corrected chi connectivity index (χ0v) is 13.8. The third kappa shape index (κ3) is 4.66. The van der Waals surface area contributed by atoms with Crippen molar-refractivity contribution in [3.8, 4) is 0 Å². The Morgan fingerprint density at radius 1 is 0.917 bits per heavy atom. The minimum atomic E-state index is -0.723. The van der Waals surface area contributed by atoms with Crippen LogP contribution in [0.25, 0.3) is 0 Å². The minimum absolute atomic E-state index is 0.0557. The van der Waals surface area contributed by atoms with Crippen molar-refractivity contribution >= 4 is 5.97 Å². The summed E-state index contributed by atoms with van der Waals surface area (Å²) in [5.41, 5.74) is 2.52. The molecule has 1 N–H and O–H groups in total. The lowest BCUT2D eigenvalue weighted by atomic mass is 10.1. The summed E-state index contributed by atoms with van der Waals surface area (Å²) in [7, 11) is 0. The van der Waals surface area contributed by atoms with Crippen LogP contribution in [-0.4, -0.2) is 46.6 Å². The molecule has 1 fully saturated rings. The number of nitrogens with zero attached hydrogens (tertiary/aromatic N) is 2. The molecule has 0 amide bonds. The van der Waals surface area contributed by atoms with E-state index in [1.54, 1.807) is 0 Å². The van der Waals surface area contributed by atoms with E-state index in [9.17, 15) is 9.90 Å². The van der Waals surface area contributed by atoms with E-state index in [1.165, 1.54) is 11.1 Å². The average Bonchev–Trinajstić information content (AvgIpc) is 2.59. The summed E-state index contributed by atoms with van der Waals surface area (Å²) >= 11 is 0. The minimum Gasteiger partial charge on any atom is -0.481 e. The number of aliphatic carboxylic acids is 1. The monoisotopic (exact) mass is 324 g/mol. The van der Waals surface area contributed by atoms with Gasteiger partial charge in [-0.3, -0.25) is 14.6 Å². The maximum Gasteiger partial charge on any atom is 0.304 e.